The third-order valence-corrected chi connectivity index (χ3v) is 5.40. The van der Waals surface area contributed by atoms with E-state index in [0.29, 0.717) is 5.56 Å². The SMILES string of the molecule is Cc1ccc(C(=O)CC2CC(=O)N(c3ccc(S(N)(=O)=O)cc3)C2=O)cc1. The van der Waals surface area contributed by atoms with Crippen molar-refractivity contribution in [2.75, 3.05) is 4.90 Å². The van der Waals surface area contributed by atoms with Gasteiger partial charge in [0.2, 0.25) is 21.8 Å². The van der Waals surface area contributed by atoms with Crippen LogP contribution >= 0.6 is 0 Å². The van der Waals surface area contributed by atoms with Crippen LogP contribution in [-0.2, 0) is 19.6 Å². The molecule has 0 aromatic heterocycles. The van der Waals surface area contributed by atoms with E-state index in [1.807, 2.05) is 19.1 Å². The number of sulfonamides is 1. The predicted octanol–water partition coefficient (Wildman–Crippen LogP) is 1.79. The van der Waals surface area contributed by atoms with Gasteiger partial charge in [-0.05, 0) is 31.2 Å². The van der Waals surface area contributed by atoms with Gasteiger partial charge in [0.1, 0.15) is 0 Å². The second kappa shape index (κ2) is 7.05. The molecule has 0 saturated carbocycles. The molecule has 140 valence electrons. The number of Topliss-reactive ketones (excluding diaryl/α,β-unsaturated/α-hetero) is 1. The molecule has 3 rings (SSSR count). The van der Waals surface area contributed by atoms with E-state index < -0.39 is 27.8 Å². The van der Waals surface area contributed by atoms with Gasteiger partial charge in [-0.15, -0.1) is 0 Å². The second-order valence-corrected chi connectivity index (χ2v) is 8.06. The fraction of sp³-hybridized carbons (Fsp3) is 0.211. The second-order valence-electron chi connectivity index (χ2n) is 6.50. The first-order valence-corrected chi connectivity index (χ1v) is 9.81. The molecule has 1 heterocycles. The topological polar surface area (TPSA) is 115 Å². The molecule has 2 aromatic rings. The fourth-order valence-electron chi connectivity index (χ4n) is 2.99. The lowest BCUT2D eigenvalue weighted by Crippen LogP contribution is -2.31. The minimum atomic E-state index is -3.86. The van der Waals surface area contributed by atoms with Crippen molar-refractivity contribution in [3.05, 3.63) is 59.7 Å². The molecule has 2 aromatic carbocycles. The maximum Gasteiger partial charge on any atom is 0.238 e. The van der Waals surface area contributed by atoms with Gasteiger partial charge in [0.25, 0.3) is 0 Å². The molecular weight excluding hydrogens is 368 g/mol. The summed E-state index contributed by atoms with van der Waals surface area (Å²) in [5.41, 5.74) is 1.77. The third kappa shape index (κ3) is 3.96. The van der Waals surface area contributed by atoms with Crippen molar-refractivity contribution < 1.29 is 22.8 Å². The van der Waals surface area contributed by atoms with Gasteiger partial charge >= 0.3 is 0 Å². The van der Waals surface area contributed by atoms with Crippen LogP contribution in [0.1, 0.15) is 28.8 Å². The van der Waals surface area contributed by atoms with E-state index in [4.69, 9.17) is 5.14 Å². The van der Waals surface area contributed by atoms with Gasteiger partial charge in [0, 0.05) is 18.4 Å². The summed E-state index contributed by atoms with van der Waals surface area (Å²) in [7, 11) is -3.86. The molecule has 1 unspecified atom stereocenters. The Morgan fingerprint density at radius 1 is 1.07 bits per heavy atom. The molecule has 1 aliphatic rings. The number of rotatable bonds is 5. The Labute approximate surface area is 156 Å². The smallest absolute Gasteiger partial charge is 0.238 e. The highest BCUT2D eigenvalue weighted by molar-refractivity contribution is 7.89. The van der Waals surface area contributed by atoms with Crippen LogP contribution in [0, 0.1) is 12.8 Å². The first kappa shape index (κ1) is 18.9. The minimum absolute atomic E-state index is 0.0562. The van der Waals surface area contributed by atoms with Crippen LogP contribution in [0.2, 0.25) is 0 Å². The summed E-state index contributed by atoms with van der Waals surface area (Å²) < 4.78 is 22.6. The van der Waals surface area contributed by atoms with Gasteiger partial charge in [-0.1, -0.05) is 29.8 Å². The number of benzene rings is 2. The summed E-state index contributed by atoms with van der Waals surface area (Å²) in [4.78, 5) is 38.2. The number of hydrogen-bond donors (Lipinski definition) is 1. The van der Waals surface area contributed by atoms with E-state index in [1.165, 1.54) is 24.3 Å². The van der Waals surface area contributed by atoms with Crippen molar-refractivity contribution >= 4 is 33.3 Å². The highest BCUT2D eigenvalue weighted by Gasteiger charge is 2.40. The molecule has 0 bridgehead atoms. The van der Waals surface area contributed by atoms with E-state index in [9.17, 15) is 22.8 Å². The number of hydrogen-bond acceptors (Lipinski definition) is 5. The normalized spacial score (nSPS) is 17.4. The highest BCUT2D eigenvalue weighted by atomic mass is 32.2. The van der Waals surface area contributed by atoms with E-state index in [2.05, 4.69) is 0 Å². The van der Waals surface area contributed by atoms with Gasteiger partial charge in [-0.2, -0.15) is 0 Å². The standard InChI is InChI=1S/C19H18N2O5S/c1-12-2-4-13(5-3-12)17(22)10-14-11-18(23)21(19(14)24)15-6-8-16(9-7-15)27(20,25)26/h2-9,14H,10-11H2,1H3,(H2,20,25,26). The van der Waals surface area contributed by atoms with Crippen molar-refractivity contribution in [1.29, 1.82) is 0 Å². The van der Waals surface area contributed by atoms with Crippen LogP contribution in [0.15, 0.2) is 53.4 Å². The number of ketones is 1. The minimum Gasteiger partial charge on any atom is -0.294 e. The van der Waals surface area contributed by atoms with Crippen molar-refractivity contribution in [2.45, 2.75) is 24.7 Å². The highest BCUT2D eigenvalue weighted by Crippen LogP contribution is 2.30. The molecule has 8 heteroatoms. The first-order chi connectivity index (χ1) is 12.7. The average molecular weight is 386 g/mol. The summed E-state index contributed by atoms with van der Waals surface area (Å²) in [6.07, 6.45) is -0.118. The van der Waals surface area contributed by atoms with Gasteiger partial charge < -0.3 is 0 Å². The number of imide groups is 1. The van der Waals surface area contributed by atoms with Crippen molar-refractivity contribution in [1.82, 2.24) is 0 Å². The summed E-state index contributed by atoms with van der Waals surface area (Å²) >= 11 is 0. The third-order valence-electron chi connectivity index (χ3n) is 4.47. The zero-order chi connectivity index (χ0) is 19.8. The van der Waals surface area contributed by atoms with Crippen LogP contribution in [0.3, 0.4) is 0 Å². The van der Waals surface area contributed by atoms with E-state index in [0.717, 1.165) is 10.5 Å². The molecule has 0 radical (unpaired) electrons. The molecule has 27 heavy (non-hydrogen) atoms. The van der Waals surface area contributed by atoms with Crippen LogP contribution in [-0.4, -0.2) is 26.0 Å². The summed E-state index contributed by atoms with van der Waals surface area (Å²) in [6.45, 7) is 1.91. The maximum absolute atomic E-state index is 12.6. The number of primary sulfonamides is 1. The van der Waals surface area contributed by atoms with Gasteiger partial charge in [0.15, 0.2) is 5.78 Å². The Morgan fingerprint density at radius 3 is 2.22 bits per heavy atom. The molecule has 0 spiro atoms. The van der Waals surface area contributed by atoms with E-state index >= 15 is 0 Å². The summed E-state index contributed by atoms with van der Waals surface area (Å²) in [6, 6.07) is 12.2. The molecule has 1 saturated heterocycles. The predicted molar refractivity (Wildman–Crippen MR) is 98.5 cm³/mol. The number of anilines is 1. The monoisotopic (exact) mass is 386 g/mol. The average Bonchev–Trinajstić information content (AvgIpc) is 2.88. The largest absolute Gasteiger partial charge is 0.294 e. The Hall–Kier alpha value is -2.84. The Bertz CT molecular complexity index is 1010. The van der Waals surface area contributed by atoms with Gasteiger partial charge in [-0.25, -0.2) is 13.6 Å². The molecule has 1 aliphatic heterocycles. The Kier molecular flexibility index (Phi) is 4.95. The quantitative estimate of drug-likeness (QED) is 0.621. The van der Waals surface area contributed by atoms with Gasteiger partial charge in [0.05, 0.1) is 16.5 Å². The number of amides is 2. The molecule has 1 atom stereocenters. The molecular formula is C19H18N2O5S. The molecule has 2 amide bonds. The van der Waals surface area contributed by atoms with Crippen molar-refractivity contribution in [3.8, 4) is 0 Å². The lowest BCUT2D eigenvalue weighted by Gasteiger charge is -2.15. The van der Waals surface area contributed by atoms with Gasteiger partial charge in [-0.3, -0.25) is 19.3 Å². The molecule has 2 N–H and O–H groups in total. The maximum atomic E-state index is 12.6. The molecule has 7 nitrogen and oxygen atoms in total. The van der Waals surface area contributed by atoms with E-state index in [-0.39, 0.29) is 29.2 Å². The fourth-order valence-corrected chi connectivity index (χ4v) is 3.51. The summed E-state index contributed by atoms with van der Waals surface area (Å²) in [5.74, 6) is -1.83. The lowest BCUT2D eigenvalue weighted by molar-refractivity contribution is -0.122. The Morgan fingerprint density at radius 2 is 1.67 bits per heavy atom. The zero-order valence-corrected chi connectivity index (χ0v) is 15.4. The van der Waals surface area contributed by atoms with E-state index in [1.54, 1.807) is 12.1 Å². The number of aryl methyl sites for hydroxylation is 1. The lowest BCUT2D eigenvalue weighted by atomic mass is 9.96. The van der Waals surface area contributed by atoms with Crippen LogP contribution < -0.4 is 10.0 Å². The summed E-state index contributed by atoms with van der Waals surface area (Å²) in [5, 5.41) is 5.04. The van der Waals surface area contributed by atoms with Crippen molar-refractivity contribution in [3.63, 3.8) is 0 Å². The molecule has 0 aliphatic carbocycles. The first-order valence-electron chi connectivity index (χ1n) is 8.26. The van der Waals surface area contributed by atoms with Crippen molar-refractivity contribution in [2.24, 2.45) is 11.1 Å². The van der Waals surface area contributed by atoms with Crippen LogP contribution in [0.25, 0.3) is 0 Å². The zero-order valence-electron chi connectivity index (χ0n) is 14.6. The van der Waals surface area contributed by atoms with Crippen LogP contribution in [0.5, 0.6) is 0 Å². The number of nitrogens with zero attached hydrogens (tertiary/aromatic N) is 1. The van der Waals surface area contributed by atoms with Crippen LogP contribution in [0.4, 0.5) is 5.69 Å². The molecule has 1 fully saturated rings. The number of carbonyl (C=O) groups is 3. The Balaban J connectivity index is 1.77. The number of nitrogens with two attached hydrogens (primary N) is 1. The number of carbonyl (C=O) groups excluding carboxylic acids is 3.